The minimum atomic E-state index is -4.68. The fourth-order valence-electron chi connectivity index (χ4n) is 3.09. The van der Waals surface area contributed by atoms with Crippen LogP contribution >= 0.6 is 0 Å². The van der Waals surface area contributed by atoms with Crippen molar-refractivity contribution in [3.8, 4) is 11.4 Å². The topological polar surface area (TPSA) is 72.1 Å². The fourth-order valence-corrected chi connectivity index (χ4v) is 3.09. The lowest BCUT2D eigenvalue weighted by Crippen LogP contribution is -2.33. The zero-order valence-corrected chi connectivity index (χ0v) is 16.0. The van der Waals surface area contributed by atoms with Gasteiger partial charge in [-0.15, -0.1) is 0 Å². The molecule has 1 amide bonds. The summed E-state index contributed by atoms with van der Waals surface area (Å²) in [5.41, 5.74) is 2.14. The van der Waals surface area contributed by atoms with Crippen LogP contribution < -0.4 is 0 Å². The molecule has 3 aromatic rings. The van der Waals surface area contributed by atoms with E-state index in [1.165, 1.54) is 0 Å². The van der Waals surface area contributed by atoms with E-state index in [9.17, 15) is 18.0 Å². The molecule has 0 N–H and O–H groups in total. The monoisotopic (exact) mass is 416 g/mol. The van der Waals surface area contributed by atoms with Crippen LogP contribution in [0.25, 0.3) is 11.4 Å². The molecule has 0 unspecified atom stereocenters. The number of amides is 1. The van der Waals surface area contributed by atoms with Gasteiger partial charge in [-0.2, -0.15) is 18.2 Å². The van der Waals surface area contributed by atoms with Crippen LogP contribution in [0.1, 0.15) is 29.9 Å². The van der Waals surface area contributed by atoms with Gasteiger partial charge in [0.15, 0.2) is 0 Å². The highest BCUT2D eigenvalue weighted by molar-refractivity contribution is 5.78. The highest BCUT2D eigenvalue weighted by Crippen LogP contribution is 2.31. The van der Waals surface area contributed by atoms with E-state index in [-0.39, 0.29) is 18.2 Å². The molecule has 0 bridgehead atoms. The van der Waals surface area contributed by atoms with Crippen LogP contribution in [0.15, 0.2) is 53.3 Å². The SMILES string of the molecule is O=C(Cc1cccnc1)N(Cc1ccc(-c2noc(C(F)(F)F)n2)cc1)CC1CC1. The number of benzene rings is 1. The summed E-state index contributed by atoms with van der Waals surface area (Å²) in [6.07, 6.45) is 1.19. The van der Waals surface area contributed by atoms with Crippen LogP contribution in [0.4, 0.5) is 13.2 Å². The van der Waals surface area contributed by atoms with Crippen molar-refractivity contribution in [1.82, 2.24) is 20.0 Å². The van der Waals surface area contributed by atoms with Gasteiger partial charge in [-0.1, -0.05) is 35.5 Å². The molecule has 0 atom stereocenters. The van der Waals surface area contributed by atoms with E-state index < -0.39 is 12.1 Å². The lowest BCUT2D eigenvalue weighted by Gasteiger charge is -2.23. The first-order valence-electron chi connectivity index (χ1n) is 9.55. The predicted molar refractivity (Wildman–Crippen MR) is 101 cm³/mol. The molecular weight excluding hydrogens is 397 g/mol. The summed E-state index contributed by atoms with van der Waals surface area (Å²) >= 11 is 0. The van der Waals surface area contributed by atoms with Gasteiger partial charge in [0.1, 0.15) is 0 Å². The van der Waals surface area contributed by atoms with Gasteiger partial charge in [0, 0.05) is 31.0 Å². The average molecular weight is 416 g/mol. The molecule has 1 fully saturated rings. The number of pyridine rings is 1. The predicted octanol–water partition coefficient (Wildman–Crippen LogP) is 4.13. The van der Waals surface area contributed by atoms with Crippen molar-refractivity contribution < 1.29 is 22.5 Å². The highest BCUT2D eigenvalue weighted by atomic mass is 19.4. The van der Waals surface area contributed by atoms with Crippen LogP contribution in [0.2, 0.25) is 0 Å². The van der Waals surface area contributed by atoms with Gasteiger partial charge >= 0.3 is 12.1 Å². The average Bonchev–Trinajstić information content (AvgIpc) is 3.39. The molecule has 2 heterocycles. The molecule has 156 valence electrons. The molecule has 9 heteroatoms. The number of carbonyl (C=O) groups is 1. The van der Waals surface area contributed by atoms with Crippen molar-refractivity contribution in [2.75, 3.05) is 6.54 Å². The fraction of sp³-hybridized carbons (Fsp3) is 0.333. The van der Waals surface area contributed by atoms with E-state index in [0.717, 1.165) is 24.0 Å². The molecule has 6 nitrogen and oxygen atoms in total. The van der Waals surface area contributed by atoms with Crippen molar-refractivity contribution in [3.63, 3.8) is 0 Å². The molecule has 0 aliphatic heterocycles. The maximum atomic E-state index is 12.8. The second-order valence-corrected chi connectivity index (χ2v) is 7.37. The highest BCUT2D eigenvalue weighted by Gasteiger charge is 2.38. The Bertz CT molecular complexity index is 999. The van der Waals surface area contributed by atoms with E-state index in [2.05, 4.69) is 19.6 Å². The van der Waals surface area contributed by atoms with E-state index in [0.29, 0.717) is 24.6 Å². The summed E-state index contributed by atoms with van der Waals surface area (Å²) in [4.78, 5) is 22.1. The van der Waals surface area contributed by atoms with Crippen molar-refractivity contribution in [2.24, 2.45) is 5.92 Å². The lowest BCUT2D eigenvalue weighted by atomic mass is 10.1. The quantitative estimate of drug-likeness (QED) is 0.579. The third kappa shape index (κ3) is 5.03. The molecule has 4 rings (SSSR count). The number of hydrogen-bond acceptors (Lipinski definition) is 5. The number of aromatic nitrogens is 3. The van der Waals surface area contributed by atoms with Crippen LogP contribution in [0.3, 0.4) is 0 Å². The number of nitrogens with zero attached hydrogens (tertiary/aromatic N) is 4. The minimum Gasteiger partial charge on any atom is -0.338 e. The number of carbonyl (C=O) groups excluding carboxylic acids is 1. The Morgan fingerprint density at radius 1 is 1.13 bits per heavy atom. The van der Waals surface area contributed by atoms with Crippen molar-refractivity contribution in [2.45, 2.75) is 32.0 Å². The molecule has 1 aliphatic carbocycles. The van der Waals surface area contributed by atoms with Crippen LogP contribution in [-0.4, -0.2) is 32.5 Å². The maximum Gasteiger partial charge on any atom is 0.471 e. The molecule has 2 aromatic heterocycles. The van der Waals surface area contributed by atoms with Gasteiger partial charge in [0.2, 0.25) is 11.7 Å². The van der Waals surface area contributed by atoms with Crippen molar-refractivity contribution in [3.05, 3.63) is 65.8 Å². The first-order chi connectivity index (χ1) is 14.4. The molecular formula is C21H19F3N4O2. The number of rotatable bonds is 7. The number of hydrogen-bond donors (Lipinski definition) is 0. The van der Waals surface area contributed by atoms with E-state index in [1.54, 1.807) is 42.7 Å². The summed E-state index contributed by atoms with van der Waals surface area (Å²) in [5.74, 6) is -0.955. The summed E-state index contributed by atoms with van der Waals surface area (Å²) in [5, 5.41) is 3.39. The van der Waals surface area contributed by atoms with Gasteiger partial charge in [0.05, 0.1) is 6.42 Å². The van der Waals surface area contributed by atoms with Gasteiger partial charge in [-0.25, -0.2) is 0 Å². The molecule has 0 saturated heterocycles. The van der Waals surface area contributed by atoms with E-state index in [1.807, 2.05) is 11.0 Å². The second-order valence-electron chi connectivity index (χ2n) is 7.37. The second kappa shape index (κ2) is 8.25. The van der Waals surface area contributed by atoms with E-state index >= 15 is 0 Å². The number of alkyl halides is 3. The Kier molecular flexibility index (Phi) is 5.52. The Morgan fingerprint density at radius 2 is 1.90 bits per heavy atom. The first kappa shape index (κ1) is 20.1. The Balaban J connectivity index is 1.45. The molecule has 1 aromatic carbocycles. The van der Waals surface area contributed by atoms with Gasteiger partial charge < -0.3 is 9.42 Å². The zero-order valence-electron chi connectivity index (χ0n) is 16.0. The van der Waals surface area contributed by atoms with Crippen LogP contribution in [0, 0.1) is 5.92 Å². The standard InChI is InChI=1S/C21H19F3N4O2/c22-21(23,24)20-26-19(27-30-20)17-7-5-15(6-8-17)13-28(12-14-3-4-14)18(29)10-16-2-1-9-25-11-16/h1-2,5-9,11,14H,3-4,10,12-13H2. The minimum absolute atomic E-state index is 0.0203. The molecule has 1 saturated carbocycles. The Hall–Kier alpha value is -3.23. The lowest BCUT2D eigenvalue weighted by molar-refractivity contribution is -0.159. The van der Waals surface area contributed by atoms with E-state index in [4.69, 9.17) is 0 Å². The van der Waals surface area contributed by atoms with Gasteiger partial charge in [-0.05, 0) is 36.0 Å². The third-order valence-electron chi connectivity index (χ3n) is 4.86. The maximum absolute atomic E-state index is 12.8. The van der Waals surface area contributed by atoms with Gasteiger partial charge in [-0.3, -0.25) is 9.78 Å². The molecule has 1 aliphatic rings. The third-order valence-corrected chi connectivity index (χ3v) is 4.86. The van der Waals surface area contributed by atoms with Gasteiger partial charge in [0.25, 0.3) is 0 Å². The summed E-state index contributed by atoms with van der Waals surface area (Å²) in [7, 11) is 0. The largest absolute Gasteiger partial charge is 0.471 e. The zero-order chi connectivity index (χ0) is 21.1. The summed E-state index contributed by atoms with van der Waals surface area (Å²) < 4.78 is 42.2. The smallest absolute Gasteiger partial charge is 0.338 e. The Morgan fingerprint density at radius 3 is 2.50 bits per heavy atom. The first-order valence-corrected chi connectivity index (χ1v) is 9.55. The van der Waals surface area contributed by atoms with Crippen molar-refractivity contribution in [1.29, 1.82) is 0 Å². The van der Waals surface area contributed by atoms with Crippen LogP contribution in [0.5, 0.6) is 0 Å². The molecule has 0 spiro atoms. The van der Waals surface area contributed by atoms with Crippen molar-refractivity contribution >= 4 is 5.91 Å². The summed E-state index contributed by atoms with van der Waals surface area (Å²) in [6, 6.07) is 10.4. The number of halogens is 3. The summed E-state index contributed by atoms with van der Waals surface area (Å²) in [6.45, 7) is 1.12. The molecule has 0 radical (unpaired) electrons. The van der Waals surface area contributed by atoms with Crippen LogP contribution in [-0.2, 0) is 23.9 Å². The normalized spacial score (nSPS) is 14.0. The molecule has 30 heavy (non-hydrogen) atoms. The Labute approximate surface area is 170 Å².